The van der Waals surface area contributed by atoms with E-state index in [4.69, 9.17) is 10.5 Å². The number of hydrogen-bond acceptors (Lipinski definition) is 5. The molecule has 2 aromatic rings. The molecule has 0 saturated carbocycles. The van der Waals surface area contributed by atoms with Crippen molar-refractivity contribution in [2.45, 2.75) is 12.8 Å². The number of nitrogen functional groups attached to an aromatic ring is 1. The molecule has 5 heteroatoms. The first kappa shape index (κ1) is 12.7. The summed E-state index contributed by atoms with van der Waals surface area (Å²) in [7, 11) is 1.77. The molecule has 0 radical (unpaired) electrons. The number of nitrogens with zero attached hydrogens (tertiary/aromatic N) is 2. The van der Waals surface area contributed by atoms with Crippen LogP contribution in [0.2, 0.25) is 0 Å². The molecule has 1 saturated heterocycles. The molecule has 102 valence electrons. The largest absolute Gasteiger partial charge is 0.395 e. The van der Waals surface area contributed by atoms with Gasteiger partial charge in [0.05, 0.1) is 28.2 Å². The quantitative estimate of drug-likeness (QED) is 0.876. The van der Waals surface area contributed by atoms with Gasteiger partial charge in [0, 0.05) is 20.2 Å². The van der Waals surface area contributed by atoms with Gasteiger partial charge in [-0.05, 0) is 30.9 Å². The van der Waals surface area contributed by atoms with E-state index in [0.29, 0.717) is 5.92 Å². The van der Waals surface area contributed by atoms with Crippen LogP contribution in [0.25, 0.3) is 10.2 Å². The first-order valence-corrected chi connectivity index (χ1v) is 7.53. The minimum atomic E-state index is 0.601. The zero-order valence-corrected chi connectivity index (χ0v) is 11.9. The Kier molecular flexibility index (Phi) is 3.57. The minimum absolute atomic E-state index is 0.601. The van der Waals surface area contributed by atoms with Crippen molar-refractivity contribution in [3.8, 4) is 0 Å². The average molecular weight is 277 g/mol. The summed E-state index contributed by atoms with van der Waals surface area (Å²) in [6, 6.07) is 4.25. The molecule has 0 spiro atoms. The van der Waals surface area contributed by atoms with Crippen molar-refractivity contribution >= 4 is 32.9 Å². The Morgan fingerprint density at radius 2 is 2.42 bits per heavy atom. The number of rotatable bonds is 3. The maximum Gasteiger partial charge on any atom is 0.106 e. The lowest BCUT2D eigenvalue weighted by Crippen LogP contribution is -2.37. The second-order valence-corrected chi connectivity index (χ2v) is 5.99. The second kappa shape index (κ2) is 5.35. The van der Waals surface area contributed by atoms with Gasteiger partial charge in [-0.25, -0.2) is 4.98 Å². The lowest BCUT2D eigenvalue weighted by Gasteiger charge is -2.34. The van der Waals surface area contributed by atoms with E-state index in [2.05, 4.69) is 22.0 Å². The van der Waals surface area contributed by atoms with Crippen molar-refractivity contribution < 1.29 is 4.74 Å². The van der Waals surface area contributed by atoms with E-state index < -0.39 is 0 Å². The number of nitrogens with two attached hydrogens (primary N) is 1. The van der Waals surface area contributed by atoms with Gasteiger partial charge in [0.15, 0.2) is 0 Å². The lowest BCUT2D eigenvalue weighted by atomic mass is 9.98. The smallest absolute Gasteiger partial charge is 0.106 e. The molecule has 1 unspecified atom stereocenters. The summed E-state index contributed by atoms with van der Waals surface area (Å²) in [4.78, 5) is 6.75. The number of thiazole rings is 1. The third-order valence-electron chi connectivity index (χ3n) is 3.78. The van der Waals surface area contributed by atoms with Crippen LogP contribution in [-0.4, -0.2) is 31.8 Å². The Balaban J connectivity index is 1.88. The molecule has 3 rings (SSSR count). The second-order valence-electron chi connectivity index (χ2n) is 5.11. The lowest BCUT2D eigenvalue weighted by molar-refractivity contribution is 0.143. The van der Waals surface area contributed by atoms with Crippen LogP contribution in [0.15, 0.2) is 17.6 Å². The predicted octanol–water partition coefficient (Wildman–Crippen LogP) is 2.74. The Labute approximate surface area is 117 Å². The minimum Gasteiger partial charge on any atom is -0.395 e. The molecule has 1 aliphatic rings. The summed E-state index contributed by atoms with van der Waals surface area (Å²) < 4.78 is 6.44. The fourth-order valence-corrected chi connectivity index (χ4v) is 3.57. The van der Waals surface area contributed by atoms with Crippen molar-refractivity contribution in [2.24, 2.45) is 5.92 Å². The normalized spacial score (nSPS) is 20.1. The Bertz CT molecular complexity index is 567. The van der Waals surface area contributed by atoms with Gasteiger partial charge in [0.2, 0.25) is 0 Å². The van der Waals surface area contributed by atoms with Crippen molar-refractivity contribution in [2.75, 3.05) is 37.4 Å². The summed E-state index contributed by atoms with van der Waals surface area (Å²) in [5, 5.41) is 0. The number of piperidine rings is 1. The number of aromatic nitrogens is 1. The van der Waals surface area contributed by atoms with Crippen molar-refractivity contribution in [1.82, 2.24) is 4.98 Å². The molecule has 0 amide bonds. The van der Waals surface area contributed by atoms with Crippen LogP contribution >= 0.6 is 11.3 Å². The zero-order chi connectivity index (χ0) is 13.2. The molecule has 2 heterocycles. The summed E-state index contributed by atoms with van der Waals surface area (Å²) in [6.07, 6.45) is 2.44. The van der Waals surface area contributed by atoms with Crippen LogP contribution in [0.3, 0.4) is 0 Å². The summed E-state index contributed by atoms with van der Waals surface area (Å²) in [5.74, 6) is 0.601. The predicted molar refractivity (Wildman–Crippen MR) is 80.8 cm³/mol. The van der Waals surface area contributed by atoms with Crippen LogP contribution in [0.4, 0.5) is 11.4 Å². The Morgan fingerprint density at radius 3 is 3.26 bits per heavy atom. The highest BCUT2D eigenvalue weighted by molar-refractivity contribution is 7.16. The van der Waals surface area contributed by atoms with Crippen LogP contribution in [-0.2, 0) is 4.74 Å². The fourth-order valence-electron chi connectivity index (χ4n) is 2.87. The third kappa shape index (κ3) is 2.40. The maximum atomic E-state index is 6.28. The monoisotopic (exact) mass is 277 g/mol. The maximum absolute atomic E-state index is 6.28. The third-order valence-corrected chi connectivity index (χ3v) is 4.57. The van der Waals surface area contributed by atoms with E-state index in [1.807, 2.05) is 5.51 Å². The van der Waals surface area contributed by atoms with Gasteiger partial charge in [0.1, 0.15) is 5.52 Å². The molecule has 4 nitrogen and oxygen atoms in total. The van der Waals surface area contributed by atoms with E-state index in [9.17, 15) is 0 Å². The van der Waals surface area contributed by atoms with Gasteiger partial charge >= 0.3 is 0 Å². The fraction of sp³-hybridized carbons (Fsp3) is 0.500. The molecular weight excluding hydrogens is 258 g/mol. The number of benzene rings is 1. The van der Waals surface area contributed by atoms with Gasteiger partial charge < -0.3 is 15.4 Å². The van der Waals surface area contributed by atoms with Crippen molar-refractivity contribution in [3.63, 3.8) is 0 Å². The molecule has 19 heavy (non-hydrogen) atoms. The molecule has 0 aliphatic carbocycles. The molecule has 0 bridgehead atoms. The molecule has 1 aromatic heterocycles. The number of anilines is 2. The highest BCUT2D eigenvalue weighted by Crippen LogP contribution is 2.34. The van der Waals surface area contributed by atoms with Gasteiger partial charge in [-0.15, -0.1) is 11.3 Å². The summed E-state index contributed by atoms with van der Waals surface area (Å²) >= 11 is 1.64. The van der Waals surface area contributed by atoms with Crippen molar-refractivity contribution in [1.29, 1.82) is 0 Å². The standard InChI is InChI=1S/C14H19N3OS/c1-18-8-10-3-2-6-17(7-10)11-4-5-12-14(13(11)15)16-9-19-12/h4-5,9-10H,2-3,6-8,15H2,1H3. The Hall–Kier alpha value is -1.33. The molecule has 1 fully saturated rings. The van der Waals surface area contributed by atoms with Gasteiger partial charge in [-0.3, -0.25) is 0 Å². The zero-order valence-electron chi connectivity index (χ0n) is 11.1. The number of fused-ring (bicyclic) bond motifs is 1. The van der Waals surface area contributed by atoms with Gasteiger partial charge in [0.25, 0.3) is 0 Å². The van der Waals surface area contributed by atoms with E-state index in [1.165, 1.54) is 12.8 Å². The molecule has 2 N–H and O–H groups in total. The molecular formula is C14H19N3OS. The van der Waals surface area contributed by atoms with Crippen LogP contribution in [0.5, 0.6) is 0 Å². The number of ether oxygens (including phenoxy) is 1. The Morgan fingerprint density at radius 1 is 1.53 bits per heavy atom. The summed E-state index contributed by atoms with van der Waals surface area (Å²) in [5.41, 5.74) is 11.0. The first-order chi connectivity index (χ1) is 9.29. The van der Waals surface area contributed by atoms with Crippen LogP contribution < -0.4 is 10.6 Å². The highest BCUT2D eigenvalue weighted by atomic mass is 32.1. The van der Waals surface area contributed by atoms with Crippen molar-refractivity contribution in [3.05, 3.63) is 17.6 Å². The molecule has 1 atom stereocenters. The molecule has 1 aliphatic heterocycles. The SMILES string of the molecule is COCC1CCCN(c2ccc3scnc3c2N)C1. The van der Waals surface area contributed by atoms with E-state index in [0.717, 1.165) is 41.3 Å². The number of methoxy groups -OCH3 is 1. The van der Waals surface area contributed by atoms with Gasteiger partial charge in [-0.2, -0.15) is 0 Å². The number of hydrogen-bond donors (Lipinski definition) is 1. The highest BCUT2D eigenvalue weighted by Gasteiger charge is 2.22. The van der Waals surface area contributed by atoms with Crippen LogP contribution in [0, 0.1) is 5.92 Å². The van der Waals surface area contributed by atoms with Crippen LogP contribution in [0.1, 0.15) is 12.8 Å². The van der Waals surface area contributed by atoms with E-state index >= 15 is 0 Å². The topological polar surface area (TPSA) is 51.4 Å². The first-order valence-electron chi connectivity index (χ1n) is 6.65. The average Bonchev–Trinajstić information content (AvgIpc) is 2.89. The van der Waals surface area contributed by atoms with Gasteiger partial charge in [-0.1, -0.05) is 0 Å². The molecule has 1 aromatic carbocycles. The van der Waals surface area contributed by atoms with E-state index in [-0.39, 0.29) is 0 Å². The summed E-state index contributed by atoms with van der Waals surface area (Å²) in [6.45, 7) is 2.92. The van der Waals surface area contributed by atoms with E-state index in [1.54, 1.807) is 18.4 Å².